The Bertz CT molecular complexity index is 831. The zero-order valence-electron chi connectivity index (χ0n) is 17.5. The summed E-state index contributed by atoms with van der Waals surface area (Å²) in [7, 11) is 5.73. The second-order valence-electron chi connectivity index (χ2n) is 6.55. The molecule has 0 amide bonds. The van der Waals surface area contributed by atoms with E-state index >= 15 is 0 Å². The topological polar surface area (TPSA) is 28.0 Å². The first kappa shape index (κ1) is 22.1. The van der Waals surface area contributed by atoms with Crippen LogP contribution in [-0.2, 0) is 0 Å². The molecule has 1 aromatic rings. The maximum atomic E-state index is 4.67. The molecule has 0 bridgehead atoms. The molecular weight excluding hydrogens is 330 g/mol. The highest BCUT2D eigenvalue weighted by atomic mass is 15.0. The summed E-state index contributed by atoms with van der Waals surface area (Å²) in [6.07, 6.45) is 9.70. The van der Waals surface area contributed by atoms with Crippen molar-refractivity contribution < 1.29 is 0 Å². The lowest BCUT2D eigenvalue weighted by molar-refractivity contribution is 0.563. The summed E-state index contributed by atoms with van der Waals surface area (Å²) in [6.45, 7) is 14.2. The summed E-state index contributed by atoms with van der Waals surface area (Å²) in [5.41, 5.74) is 6.98. The summed E-state index contributed by atoms with van der Waals surface area (Å²) < 4.78 is 0. The largest absolute Gasteiger partial charge is 0.383 e. The number of hydrogen-bond donors (Lipinski definition) is 0. The molecule has 0 N–H and O–H groups in total. The second kappa shape index (κ2) is 10.9. The Labute approximate surface area is 164 Å². The molecule has 1 aromatic carbocycles. The van der Waals surface area contributed by atoms with Crippen LogP contribution in [0, 0.1) is 0 Å². The van der Waals surface area contributed by atoms with Crippen molar-refractivity contribution in [3.63, 3.8) is 0 Å². The van der Waals surface area contributed by atoms with Crippen LogP contribution in [0.4, 0.5) is 0 Å². The SMILES string of the molecule is C=C(C)/C(=C\N=C(/C)c1cccc(C(/C=N\C)=C/C)c1)C(=C)/C=C\N(C)C. The lowest BCUT2D eigenvalue weighted by atomic mass is 10.0. The van der Waals surface area contributed by atoms with Crippen LogP contribution >= 0.6 is 0 Å². The van der Waals surface area contributed by atoms with Gasteiger partial charge in [0.1, 0.15) is 0 Å². The van der Waals surface area contributed by atoms with E-state index in [0.717, 1.165) is 39.1 Å². The zero-order valence-corrected chi connectivity index (χ0v) is 17.5. The van der Waals surface area contributed by atoms with E-state index < -0.39 is 0 Å². The molecule has 27 heavy (non-hydrogen) atoms. The molecule has 0 spiro atoms. The van der Waals surface area contributed by atoms with Crippen molar-refractivity contribution in [3.05, 3.63) is 89.8 Å². The van der Waals surface area contributed by atoms with E-state index in [0.29, 0.717) is 0 Å². The summed E-state index contributed by atoms with van der Waals surface area (Å²) in [4.78, 5) is 10.8. The van der Waals surface area contributed by atoms with Gasteiger partial charge < -0.3 is 4.90 Å². The average Bonchev–Trinajstić information content (AvgIpc) is 2.64. The quantitative estimate of drug-likeness (QED) is 0.432. The third kappa shape index (κ3) is 7.06. The van der Waals surface area contributed by atoms with Crippen molar-refractivity contribution in [1.29, 1.82) is 0 Å². The van der Waals surface area contributed by atoms with Crippen LogP contribution in [0.25, 0.3) is 5.57 Å². The Balaban J connectivity index is 3.21. The van der Waals surface area contributed by atoms with Crippen molar-refractivity contribution in [1.82, 2.24) is 4.90 Å². The van der Waals surface area contributed by atoms with Crippen molar-refractivity contribution in [2.45, 2.75) is 20.8 Å². The summed E-state index contributed by atoms with van der Waals surface area (Å²) in [6, 6.07) is 8.31. The standard InChI is InChI=1S/C24H31N3/c1-9-21(16-25-6)23-12-10-11-22(15-23)20(5)26-17-24(18(2)3)19(4)13-14-27(7)8/h9-17H,2,4H2,1,3,5-8H3/b14-13-,21-9+,24-17+,25-16-,26-20+. The minimum atomic E-state index is 0.886. The molecule has 0 radical (unpaired) electrons. The molecule has 142 valence electrons. The molecule has 0 saturated carbocycles. The van der Waals surface area contributed by atoms with E-state index in [2.05, 4.69) is 47.4 Å². The molecule has 0 aliphatic heterocycles. The van der Waals surface area contributed by atoms with Crippen LogP contribution in [0.1, 0.15) is 31.9 Å². The van der Waals surface area contributed by atoms with Gasteiger partial charge in [0.25, 0.3) is 0 Å². The van der Waals surface area contributed by atoms with Gasteiger partial charge in [-0.25, -0.2) is 0 Å². The van der Waals surface area contributed by atoms with Gasteiger partial charge in [0, 0.05) is 44.8 Å². The predicted molar refractivity (Wildman–Crippen MR) is 122 cm³/mol. The highest BCUT2D eigenvalue weighted by Crippen LogP contribution is 2.19. The van der Waals surface area contributed by atoms with E-state index in [4.69, 9.17) is 0 Å². The van der Waals surface area contributed by atoms with Gasteiger partial charge in [0.05, 0.1) is 0 Å². The first-order valence-electron chi connectivity index (χ1n) is 8.93. The Morgan fingerprint density at radius 3 is 2.33 bits per heavy atom. The minimum Gasteiger partial charge on any atom is -0.383 e. The molecule has 0 unspecified atom stereocenters. The van der Waals surface area contributed by atoms with Crippen LogP contribution < -0.4 is 0 Å². The third-order valence-corrected chi connectivity index (χ3v) is 3.96. The summed E-state index contributed by atoms with van der Waals surface area (Å²) in [5, 5.41) is 0. The Hall–Kier alpha value is -2.94. The zero-order chi connectivity index (χ0) is 20.4. The fourth-order valence-electron chi connectivity index (χ4n) is 2.41. The molecule has 0 aromatic heterocycles. The van der Waals surface area contributed by atoms with Crippen LogP contribution in [-0.4, -0.2) is 38.0 Å². The third-order valence-electron chi connectivity index (χ3n) is 3.96. The monoisotopic (exact) mass is 361 g/mol. The van der Waals surface area contributed by atoms with Crippen LogP contribution in [0.5, 0.6) is 0 Å². The van der Waals surface area contributed by atoms with Gasteiger partial charge in [0.2, 0.25) is 0 Å². The molecule has 0 saturated heterocycles. The molecule has 1 rings (SSSR count). The summed E-state index contributed by atoms with van der Waals surface area (Å²) in [5.74, 6) is 0. The second-order valence-corrected chi connectivity index (χ2v) is 6.55. The van der Waals surface area contributed by atoms with Gasteiger partial charge in [0.15, 0.2) is 0 Å². The first-order valence-corrected chi connectivity index (χ1v) is 8.93. The molecule has 0 aliphatic carbocycles. The van der Waals surface area contributed by atoms with Crippen molar-refractivity contribution in [2.24, 2.45) is 9.98 Å². The fraction of sp³-hybridized carbons (Fsp3) is 0.250. The normalized spacial score (nSPS) is 13.5. The predicted octanol–water partition coefficient (Wildman–Crippen LogP) is 5.69. The van der Waals surface area contributed by atoms with Crippen LogP contribution in [0.3, 0.4) is 0 Å². The van der Waals surface area contributed by atoms with E-state index in [-0.39, 0.29) is 0 Å². The Morgan fingerprint density at radius 1 is 1.11 bits per heavy atom. The van der Waals surface area contributed by atoms with Crippen molar-refractivity contribution in [3.8, 4) is 0 Å². The van der Waals surface area contributed by atoms with E-state index in [1.807, 2.05) is 70.5 Å². The first-order chi connectivity index (χ1) is 12.8. The van der Waals surface area contributed by atoms with Gasteiger partial charge in [-0.15, -0.1) is 0 Å². The molecule has 3 nitrogen and oxygen atoms in total. The van der Waals surface area contributed by atoms with Gasteiger partial charge in [-0.1, -0.05) is 37.4 Å². The van der Waals surface area contributed by atoms with Crippen molar-refractivity contribution >= 4 is 17.5 Å². The average molecular weight is 362 g/mol. The molecule has 3 heteroatoms. The highest BCUT2D eigenvalue weighted by Gasteiger charge is 2.04. The van der Waals surface area contributed by atoms with Gasteiger partial charge in [-0.2, -0.15) is 0 Å². The molecule has 0 fully saturated rings. The smallest absolute Gasteiger partial charge is 0.0445 e. The number of hydrogen-bond acceptors (Lipinski definition) is 3. The lowest BCUT2D eigenvalue weighted by Crippen LogP contribution is -2.00. The highest BCUT2D eigenvalue weighted by molar-refractivity contribution is 6.10. The minimum absolute atomic E-state index is 0.886. The summed E-state index contributed by atoms with van der Waals surface area (Å²) >= 11 is 0. The Kier molecular flexibility index (Phi) is 8.94. The molecule has 0 aliphatic rings. The van der Waals surface area contributed by atoms with E-state index in [1.54, 1.807) is 7.05 Å². The van der Waals surface area contributed by atoms with Crippen molar-refractivity contribution in [2.75, 3.05) is 21.1 Å². The fourth-order valence-corrected chi connectivity index (χ4v) is 2.41. The van der Waals surface area contributed by atoms with Crippen LogP contribution in [0.15, 0.2) is 88.7 Å². The van der Waals surface area contributed by atoms with Crippen LogP contribution in [0.2, 0.25) is 0 Å². The number of aliphatic imine (C=N–C) groups is 2. The number of nitrogens with zero attached hydrogens (tertiary/aromatic N) is 3. The number of benzene rings is 1. The van der Waals surface area contributed by atoms with E-state index in [9.17, 15) is 0 Å². The van der Waals surface area contributed by atoms with E-state index in [1.165, 1.54) is 0 Å². The molecular formula is C24H31N3. The lowest BCUT2D eigenvalue weighted by Gasteiger charge is -2.09. The van der Waals surface area contributed by atoms with Gasteiger partial charge in [-0.3, -0.25) is 9.98 Å². The molecule has 0 atom stereocenters. The maximum Gasteiger partial charge on any atom is 0.0445 e. The Morgan fingerprint density at radius 2 is 1.78 bits per heavy atom. The maximum absolute atomic E-state index is 4.67. The number of rotatable bonds is 8. The molecule has 0 heterocycles. The van der Waals surface area contributed by atoms with Gasteiger partial charge >= 0.3 is 0 Å². The van der Waals surface area contributed by atoms with Gasteiger partial charge in [-0.05, 0) is 67.0 Å². The number of allylic oxidation sites excluding steroid dienone is 6.